The highest BCUT2D eigenvalue weighted by molar-refractivity contribution is 7.99. The minimum atomic E-state index is -0.181. The first-order valence-corrected chi connectivity index (χ1v) is 11.1. The number of aromatic amines is 1. The summed E-state index contributed by atoms with van der Waals surface area (Å²) >= 11 is 1.25. The molecule has 158 valence electrons. The number of thioether (sulfide) groups is 1. The van der Waals surface area contributed by atoms with Gasteiger partial charge in [0.15, 0.2) is 5.16 Å². The van der Waals surface area contributed by atoms with Crippen molar-refractivity contribution in [2.24, 2.45) is 0 Å². The fourth-order valence-electron chi connectivity index (χ4n) is 3.35. The molecule has 0 fully saturated rings. The van der Waals surface area contributed by atoms with Crippen LogP contribution < -0.4 is 10.9 Å². The zero-order chi connectivity index (χ0) is 22.0. The predicted octanol–water partition coefficient (Wildman–Crippen LogP) is 4.62. The summed E-state index contributed by atoms with van der Waals surface area (Å²) in [5.74, 6) is -0.00719. The molecule has 0 aliphatic rings. The number of aromatic nitrogens is 3. The lowest BCUT2D eigenvalue weighted by molar-refractivity contribution is -0.113. The van der Waals surface area contributed by atoms with Crippen molar-refractivity contribution >= 4 is 34.4 Å². The standard InChI is InChI=1S/C24H24N4O2S/c1-4-17-7-9-18(10-8-17)26-21(29)14-31-24-27-20-13-16(3)25-22(20)23(30)28(24)19-11-5-15(2)6-12-19/h5-13,25H,4,14H2,1-3H3,(H,26,29). The van der Waals surface area contributed by atoms with Gasteiger partial charge in [-0.2, -0.15) is 0 Å². The lowest BCUT2D eigenvalue weighted by atomic mass is 10.1. The van der Waals surface area contributed by atoms with Crippen molar-refractivity contribution in [1.82, 2.24) is 14.5 Å². The molecule has 2 N–H and O–H groups in total. The second-order valence-corrected chi connectivity index (χ2v) is 8.41. The molecule has 0 aliphatic carbocycles. The molecule has 4 aromatic rings. The summed E-state index contributed by atoms with van der Waals surface area (Å²) in [6, 6.07) is 17.3. The van der Waals surface area contributed by atoms with Crippen LogP contribution in [-0.4, -0.2) is 26.2 Å². The van der Waals surface area contributed by atoms with Crippen molar-refractivity contribution < 1.29 is 4.79 Å². The number of nitrogens with zero attached hydrogens (tertiary/aromatic N) is 2. The summed E-state index contributed by atoms with van der Waals surface area (Å²) in [4.78, 5) is 33.5. The fraction of sp³-hybridized carbons (Fsp3) is 0.208. The Hall–Kier alpha value is -3.32. The minimum Gasteiger partial charge on any atom is -0.353 e. The number of aryl methyl sites for hydroxylation is 3. The highest BCUT2D eigenvalue weighted by Gasteiger charge is 2.16. The number of anilines is 1. The summed E-state index contributed by atoms with van der Waals surface area (Å²) in [6.07, 6.45) is 0.952. The number of rotatable bonds is 6. The quantitative estimate of drug-likeness (QED) is 0.344. The molecule has 7 heteroatoms. The molecule has 0 radical (unpaired) electrons. The SMILES string of the molecule is CCc1ccc(NC(=O)CSc2nc3cc(C)[nH]c3c(=O)n2-c2ccc(C)cc2)cc1. The molecule has 2 aromatic heterocycles. The molecule has 2 heterocycles. The summed E-state index contributed by atoms with van der Waals surface area (Å²) in [5.41, 5.74) is 5.54. The smallest absolute Gasteiger partial charge is 0.283 e. The molecule has 6 nitrogen and oxygen atoms in total. The van der Waals surface area contributed by atoms with E-state index in [2.05, 4.69) is 22.2 Å². The minimum absolute atomic E-state index is 0.142. The van der Waals surface area contributed by atoms with E-state index in [1.54, 1.807) is 4.57 Å². The van der Waals surface area contributed by atoms with E-state index in [9.17, 15) is 9.59 Å². The Labute approximate surface area is 184 Å². The van der Waals surface area contributed by atoms with Crippen LogP contribution in [0.15, 0.2) is 64.5 Å². The van der Waals surface area contributed by atoms with Crippen LogP contribution in [0.1, 0.15) is 23.7 Å². The largest absolute Gasteiger partial charge is 0.353 e. The Bertz CT molecular complexity index is 1290. The summed E-state index contributed by atoms with van der Waals surface area (Å²) in [6.45, 7) is 5.98. The predicted molar refractivity (Wildman–Crippen MR) is 126 cm³/mol. The third-order valence-electron chi connectivity index (χ3n) is 5.03. The first-order valence-electron chi connectivity index (χ1n) is 10.2. The van der Waals surface area contributed by atoms with Crippen LogP contribution in [0.25, 0.3) is 16.7 Å². The second-order valence-electron chi connectivity index (χ2n) is 7.47. The van der Waals surface area contributed by atoms with E-state index in [1.807, 2.05) is 68.4 Å². The van der Waals surface area contributed by atoms with Gasteiger partial charge in [0.2, 0.25) is 5.91 Å². The van der Waals surface area contributed by atoms with E-state index in [0.717, 1.165) is 29.1 Å². The Morgan fingerprint density at radius 3 is 2.48 bits per heavy atom. The third kappa shape index (κ3) is 4.56. The zero-order valence-corrected chi connectivity index (χ0v) is 18.5. The van der Waals surface area contributed by atoms with Gasteiger partial charge in [-0.25, -0.2) is 4.98 Å². The zero-order valence-electron chi connectivity index (χ0n) is 17.7. The summed E-state index contributed by atoms with van der Waals surface area (Å²) < 4.78 is 1.56. The van der Waals surface area contributed by atoms with Crippen molar-refractivity contribution in [3.05, 3.63) is 81.8 Å². The molecule has 0 atom stereocenters. The lowest BCUT2D eigenvalue weighted by Gasteiger charge is -2.12. The summed E-state index contributed by atoms with van der Waals surface area (Å²) in [5, 5.41) is 3.39. The van der Waals surface area contributed by atoms with Crippen molar-refractivity contribution in [3.63, 3.8) is 0 Å². The molecule has 4 rings (SSSR count). The van der Waals surface area contributed by atoms with Crippen molar-refractivity contribution in [1.29, 1.82) is 0 Å². The van der Waals surface area contributed by atoms with Gasteiger partial charge in [-0.15, -0.1) is 0 Å². The van der Waals surface area contributed by atoms with Crippen molar-refractivity contribution in [3.8, 4) is 5.69 Å². The molecular formula is C24H24N4O2S. The van der Waals surface area contributed by atoms with E-state index in [0.29, 0.717) is 16.2 Å². The highest BCUT2D eigenvalue weighted by Crippen LogP contribution is 2.22. The number of H-pyrrole nitrogens is 1. The van der Waals surface area contributed by atoms with Gasteiger partial charge in [-0.3, -0.25) is 14.2 Å². The van der Waals surface area contributed by atoms with Crippen LogP contribution in [0.4, 0.5) is 5.69 Å². The molecule has 1 amide bonds. The van der Waals surface area contributed by atoms with Gasteiger partial charge in [0.05, 0.1) is 17.0 Å². The Morgan fingerprint density at radius 1 is 1.10 bits per heavy atom. The average molecular weight is 433 g/mol. The maximum atomic E-state index is 13.2. The third-order valence-corrected chi connectivity index (χ3v) is 5.96. The molecule has 0 spiro atoms. The maximum Gasteiger partial charge on any atom is 0.283 e. The first-order chi connectivity index (χ1) is 14.9. The second kappa shape index (κ2) is 8.81. The van der Waals surface area contributed by atoms with E-state index in [4.69, 9.17) is 0 Å². The maximum absolute atomic E-state index is 13.2. The first kappa shape index (κ1) is 20.9. The molecule has 31 heavy (non-hydrogen) atoms. The topological polar surface area (TPSA) is 79.8 Å². The molecule has 2 aromatic carbocycles. The molecule has 0 saturated carbocycles. The fourth-order valence-corrected chi connectivity index (χ4v) is 4.16. The number of hydrogen-bond acceptors (Lipinski definition) is 4. The molecule has 0 aliphatic heterocycles. The van der Waals surface area contributed by atoms with Gasteiger partial charge in [0.1, 0.15) is 5.52 Å². The number of carbonyl (C=O) groups is 1. The van der Waals surface area contributed by atoms with E-state index in [-0.39, 0.29) is 17.2 Å². The normalized spacial score (nSPS) is 11.1. The molecule has 0 saturated heterocycles. The monoisotopic (exact) mass is 432 g/mol. The Morgan fingerprint density at radius 2 is 1.81 bits per heavy atom. The molecule has 0 bridgehead atoms. The van der Waals surface area contributed by atoms with Crippen LogP contribution in [0.2, 0.25) is 0 Å². The van der Waals surface area contributed by atoms with Gasteiger partial charge < -0.3 is 10.3 Å². The van der Waals surface area contributed by atoms with Gasteiger partial charge >= 0.3 is 0 Å². The number of fused-ring (bicyclic) bond motifs is 1. The molecule has 0 unspecified atom stereocenters. The van der Waals surface area contributed by atoms with Crippen LogP contribution in [0, 0.1) is 13.8 Å². The van der Waals surface area contributed by atoms with Crippen LogP contribution in [0.3, 0.4) is 0 Å². The van der Waals surface area contributed by atoms with Gasteiger partial charge in [0, 0.05) is 11.4 Å². The average Bonchev–Trinajstić information content (AvgIpc) is 3.14. The van der Waals surface area contributed by atoms with Crippen molar-refractivity contribution in [2.75, 3.05) is 11.1 Å². The van der Waals surface area contributed by atoms with E-state index < -0.39 is 0 Å². The molecular weight excluding hydrogens is 408 g/mol. The number of benzene rings is 2. The van der Waals surface area contributed by atoms with Gasteiger partial charge in [-0.05, 0) is 56.2 Å². The highest BCUT2D eigenvalue weighted by atomic mass is 32.2. The number of carbonyl (C=O) groups excluding carboxylic acids is 1. The van der Waals surface area contributed by atoms with Gasteiger partial charge in [0.25, 0.3) is 5.56 Å². The number of amides is 1. The number of nitrogens with one attached hydrogen (secondary N) is 2. The van der Waals surface area contributed by atoms with Crippen molar-refractivity contribution in [2.45, 2.75) is 32.3 Å². The van der Waals surface area contributed by atoms with E-state index >= 15 is 0 Å². The number of hydrogen-bond donors (Lipinski definition) is 2. The summed E-state index contributed by atoms with van der Waals surface area (Å²) in [7, 11) is 0. The van der Waals surface area contributed by atoms with E-state index in [1.165, 1.54) is 17.3 Å². The lowest BCUT2D eigenvalue weighted by Crippen LogP contribution is -2.23. The Kier molecular flexibility index (Phi) is 5.95. The van der Waals surface area contributed by atoms with Crippen LogP contribution in [-0.2, 0) is 11.2 Å². The van der Waals surface area contributed by atoms with Gasteiger partial charge in [-0.1, -0.05) is 48.5 Å². The van der Waals surface area contributed by atoms with Crippen LogP contribution in [0.5, 0.6) is 0 Å². The van der Waals surface area contributed by atoms with Crippen LogP contribution >= 0.6 is 11.8 Å². The Balaban J connectivity index is 1.62.